The second kappa shape index (κ2) is 5.98. The van der Waals surface area contributed by atoms with Crippen LogP contribution in [-0.2, 0) is 10.0 Å². The fourth-order valence-electron chi connectivity index (χ4n) is 2.85. The molecular formula is C14H21N3O2S2. The molecule has 116 valence electrons. The van der Waals surface area contributed by atoms with Crippen molar-refractivity contribution in [3.05, 3.63) is 24.0 Å². The lowest BCUT2D eigenvalue weighted by molar-refractivity contribution is 0.279. The van der Waals surface area contributed by atoms with Crippen molar-refractivity contribution < 1.29 is 8.42 Å². The van der Waals surface area contributed by atoms with Crippen LogP contribution < -0.4 is 5.73 Å². The Morgan fingerprint density at radius 2 is 2.14 bits per heavy atom. The van der Waals surface area contributed by atoms with Gasteiger partial charge in [-0.15, -0.1) is 0 Å². The number of nitrogens with two attached hydrogens (primary N) is 1. The van der Waals surface area contributed by atoms with Gasteiger partial charge in [-0.3, -0.25) is 4.98 Å². The van der Waals surface area contributed by atoms with Gasteiger partial charge in [0, 0.05) is 19.3 Å². The number of pyridine rings is 1. The molecule has 1 fully saturated rings. The number of nitrogens with zero attached hydrogens (tertiary/aromatic N) is 2. The monoisotopic (exact) mass is 327 g/mol. The van der Waals surface area contributed by atoms with Crippen LogP contribution in [0.25, 0.3) is 0 Å². The van der Waals surface area contributed by atoms with Gasteiger partial charge in [0.2, 0.25) is 10.0 Å². The van der Waals surface area contributed by atoms with Crippen LogP contribution in [0.1, 0.15) is 38.8 Å². The van der Waals surface area contributed by atoms with E-state index in [-0.39, 0.29) is 21.0 Å². The summed E-state index contributed by atoms with van der Waals surface area (Å²) in [7, 11) is -3.60. The first-order valence-electron chi connectivity index (χ1n) is 7.11. The lowest BCUT2D eigenvalue weighted by Gasteiger charge is -2.26. The molecule has 2 heterocycles. The summed E-state index contributed by atoms with van der Waals surface area (Å²) in [6.07, 6.45) is 4.34. The lowest BCUT2D eigenvalue weighted by Crippen LogP contribution is -2.33. The molecule has 2 rings (SSSR count). The van der Waals surface area contributed by atoms with Crippen molar-refractivity contribution >= 4 is 27.2 Å². The number of hydrogen-bond donors (Lipinski definition) is 1. The van der Waals surface area contributed by atoms with Gasteiger partial charge in [0.05, 0.1) is 0 Å². The summed E-state index contributed by atoms with van der Waals surface area (Å²) in [4.78, 5) is 4.14. The number of sulfonamides is 1. The largest absolute Gasteiger partial charge is 0.388 e. The number of thiocarbonyl (C=S) groups is 1. The van der Waals surface area contributed by atoms with Crippen LogP contribution in [0.4, 0.5) is 0 Å². The van der Waals surface area contributed by atoms with Gasteiger partial charge >= 0.3 is 0 Å². The fraction of sp³-hybridized carbons (Fsp3) is 0.571. The van der Waals surface area contributed by atoms with Gasteiger partial charge in [-0.2, -0.15) is 4.31 Å². The van der Waals surface area contributed by atoms with Crippen LogP contribution in [0.5, 0.6) is 0 Å². The maximum absolute atomic E-state index is 12.9. The van der Waals surface area contributed by atoms with Gasteiger partial charge in [0.1, 0.15) is 15.6 Å². The number of hydrogen-bond acceptors (Lipinski definition) is 4. The third kappa shape index (κ3) is 2.95. The van der Waals surface area contributed by atoms with Crippen LogP contribution in [0.2, 0.25) is 0 Å². The molecule has 1 aliphatic rings. The minimum absolute atomic E-state index is 0.00520. The lowest BCUT2D eigenvalue weighted by atomic mass is 9.82. The Balaban J connectivity index is 2.39. The minimum Gasteiger partial charge on any atom is -0.388 e. The Bertz CT molecular complexity index is 639. The second-order valence-electron chi connectivity index (χ2n) is 5.51. The van der Waals surface area contributed by atoms with E-state index in [4.69, 9.17) is 18.0 Å². The van der Waals surface area contributed by atoms with E-state index in [1.54, 1.807) is 10.4 Å². The van der Waals surface area contributed by atoms with Crippen LogP contribution in [0.15, 0.2) is 23.2 Å². The molecule has 0 bridgehead atoms. The van der Waals surface area contributed by atoms with Gasteiger partial charge in [0.15, 0.2) is 0 Å². The van der Waals surface area contributed by atoms with Gasteiger partial charge in [-0.05, 0) is 36.8 Å². The summed E-state index contributed by atoms with van der Waals surface area (Å²) in [6.45, 7) is 5.32. The summed E-state index contributed by atoms with van der Waals surface area (Å²) in [6, 6.07) is 3.12. The van der Waals surface area contributed by atoms with Crippen molar-refractivity contribution in [1.82, 2.24) is 9.29 Å². The van der Waals surface area contributed by atoms with E-state index in [1.165, 1.54) is 12.3 Å². The zero-order chi connectivity index (χ0) is 15.7. The Kier molecular flexibility index (Phi) is 4.65. The minimum atomic E-state index is -3.60. The van der Waals surface area contributed by atoms with Crippen molar-refractivity contribution in [2.75, 3.05) is 13.1 Å². The molecule has 1 saturated heterocycles. The molecule has 0 saturated carbocycles. The average molecular weight is 327 g/mol. The summed E-state index contributed by atoms with van der Waals surface area (Å²) in [5.74, 6) is 0. The molecule has 1 aromatic rings. The average Bonchev–Trinajstić information content (AvgIpc) is 2.93. The zero-order valence-electron chi connectivity index (χ0n) is 12.4. The third-order valence-corrected chi connectivity index (χ3v) is 6.60. The summed E-state index contributed by atoms with van der Waals surface area (Å²) in [5, 5.41) is 0. The molecule has 0 unspecified atom stereocenters. The van der Waals surface area contributed by atoms with E-state index in [0.717, 1.165) is 19.3 Å². The van der Waals surface area contributed by atoms with E-state index in [1.807, 2.05) is 0 Å². The maximum atomic E-state index is 12.9. The highest BCUT2D eigenvalue weighted by molar-refractivity contribution is 7.89. The van der Waals surface area contributed by atoms with Gasteiger partial charge in [-0.1, -0.05) is 26.1 Å². The van der Waals surface area contributed by atoms with E-state index < -0.39 is 10.0 Å². The Hall–Kier alpha value is -1.05. The molecule has 0 radical (unpaired) electrons. The van der Waals surface area contributed by atoms with Crippen LogP contribution in [0, 0.1) is 5.41 Å². The van der Waals surface area contributed by atoms with E-state index in [2.05, 4.69) is 18.8 Å². The zero-order valence-corrected chi connectivity index (χ0v) is 14.0. The van der Waals surface area contributed by atoms with Gasteiger partial charge < -0.3 is 5.73 Å². The smallest absolute Gasteiger partial charge is 0.245 e. The molecule has 5 nitrogen and oxygen atoms in total. The van der Waals surface area contributed by atoms with Crippen molar-refractivity contribution in [3.8, 4) is 0 Å². The van der Waals surface area contributed by atoms with Crippen molar-refractivity contribution in [3.63, 3.8) is 0 Å². The molecule has 0 amide bonds. The third-order valence-electron chi connectivity index (χ3n) is 4.53. The summed E-state index contributed by atoms with van der Waals surface area (Å²) < 4.78 is 27.2. The Labute approximate surface area is 131 Å². The first kappa shape index (κ1) is 16.3. The Morgan fingerprint density at radius 3 is 2.67 bits per heavy atom. The number of aromatic nitrogens is 1. The quantitative estimate of drug-likeness (QED) is 0.836. The Morgan fingerprint density at radius 1 is 1.48 bits per heavy atom. The van der Waals surface area contributed by atoms with Crippen LogP contribution in [0.3, 0.4) is 0 Å². The van der Waals surface area contributed by atoms with Crippen LogP contribution >= 0.6 is 12.2 Å². The highest BCUT2D eigenvalue weighted by Gasteiger charge is 2.41. The fourth-order valence-corrected chi connectivity index (χ4v) is 4.79. The molecule has 2 N–H and O–H groups in total. The normalized spacial score (nSPS) is 18.8. The molecule has 0 spiro atoms. The molecular weight excluding hydrogens is 306 g/mol. The molecule has 1 aromatic heterocycles. The molecule has 0 aromatic carbocycles. The highest BCUT2D eigenvalue weighted by atomic mass is 32.2. The maximum Gasteiger partial charge on any atom is 0.245 e. The van der Waals surface area contributed by atoms with E-state index in [9.17, 15) is 8.42 Å². The molecule has 21 heavy (non-hydrogen) atoms. The predicted molar refractivity (Wildman–Crippen MR) is 86.5 cm³/mol. The van der Waals surface area contributed by atoms with Gasteiger partial charge in [-0.25, -0.2) is 8.42 Å². The first-order chi connectivity index (χ1) is 9.86. The second-order valence-corrected chi connectivity index (χ2v) is 7.86. The summed E-state index contributed by atoms with van der Waals surface area (Å²) in [5.41, 5.74) is 5.86. The molecule has 1 aliphatic heterocycles. The van der Waals surface area contributed by atoms with Crippen molar-refractivity contribution in [2.24, 2.45) is 11.1 Å². The summed E-state index contributed by atoms with van der Waals surface area (Å²) >= 11 is 4.92. The highest BCUT2D eigenvalue weighted by Crippen LogP contribution is 2.39. The van der Waals surface area contributed by atoms with E-state index >= 15 is 0 Å². The predicted octanol–water partition coefficient (Wildman–Crippen LogP) is 1.92. The molecule has 7 heteroatoms. The van der Waals surface area contributed by atoms with Crippen LogP contribution in [-0.4, -0.2) is 35.8 Å². The van der Waals surface area contributed by atoms with Crippen molar-refractivity contribution in [1.29, 1.82) is 0 Å². The van der Waals surface area contributed by atoms with E-state index in [0.29, 0.717) is 13.1 Å². The SMILES string of the molecule is CCC1(CC)CCN(S(=O)(=O)c2cccnc2C(N)=S)C1. The first-order valence-corrected chi connectivity index (χ1v) is 8.96. The molecule has 0 atom stereocenters. The number of rotatable bonds is 5. The van der Waals surface area contributed by atoms with Crippen molar-refractivity contribution in [2.45, 2.75) is 38.0 Å². The standard InChI is InChI=1S/C14H21N3O2S2/c1-3-14(4-2)7-9-17(10-14)21(18,19)11-6-5-8-16-12(11)13(15)20/h5-6,8H,3-4,7,9-10H2,1-2H3,(H2,15,20). The van der Waals surface area contributed by atoms with Gasteiger partial charge in [0.25, 0.3) is 0 Å². The molecule has 0 aliphatic carbocycles. The topological polar surface area (TPSA) is 76.3 Å².